The molecule has 0 aliphatic heterocycles. The van der Waals surface area contributed by atoms with Crippen LogP contribution in [0.15, 0.2) is 47.6 Å². The normalized spacial score (nSPS) is 12.0. The Morgan fingerprint density at radius 1 is 1.15 bits per heavy atom. The van der Waals surface area contributed by atoms with Crippen molar-refractivity contribution in [1.29, 1.82) is 0 Å². The fourth-order valence-corrected chi connectivity index (χ4v) is 3.36. The molecule has 0 aliphatic carbocycles. The summed E-state index contributed by atoms with van der Waals surface area (Å²) in [6, 6.07) is 10.9. The summed E-state index contributed by atoms with van der Waals surface area (Å²) in [6.45, 7) is 4.93. The lowest BCUT2D eigenvalue weighted by molar-refractivity contribution is -0.119. The van der Waals surface area contributed by atoms with Crippen molar-refractivity contribution in [2.75, 3.05) is 17.1 Å². The van der Waals surface area contributed by atoms with Gasteiger partial charge in [0, 0.05) is 0 Å². The summed E-state index contributed by atoms with van der Waals surface area (Å²) in [7, 11) is -3.67. The van der Waals surface area contributed by atoms with Crippen molar-refractivity contribution >= 4 is 27.3 Å². The fraction of sp³-hybridized carbons (Fsp3) is 0.263. The van der Waals surface area contributed by atoms with Gasteiger partial charge in [-0.3, -0.25) is 9.10 Å². The third-order valence-corrected chi connectivity index (χ3v) is 5.27. The molecular formula is C19H22FN3O3S. The van der Waals surface area contributed by atoms with Crippen molar-refractivity contribution in [1.82, 2.24) is 5.43 Å². The SMILES string of the molecule is C/C(=N\NC(=O)CN(c1cccc(C)c1C)S(C)(=O)=O)c1ccc(F)cc1. The number of halogens is 1. The second-order valence-electron chi connectivity index (χ2n) is 6.23. The van der Waals surface area contributed by atoms with Crippen LogP contribution in [0, 0.1) is 19.7 Å². The second kappa shape index (κ2) is 8.30. The number of aryl methyl sites for hydroxylation is 1. The van der Waals surface area contributed by atoms with Gasteiger partial charge in [0.25, 0.3) is 5.91 Å². The highest BCUT2D eigenvalue weighted by Crippen LogP contribution is 2.24. The summed E-state index contributed by atoms with van der Waals surface area (Å²) in [5, 5.41) is 3.97. The summed E-state index contributed by atoms with van der Waals surface area (Å²) >= 11 is 0. The van der Waals surface area contributed by atoms with Crippen LogP contribution in [-0.4, -0.2) is 32.8 Å². The lowest BCUT2D eigenvalue weighted by Gasteiger charge is -2.24. The number of amides is 1. The van der Waals surface area contributed by atoms with E-state index in [1.54, 1.807) is 38.1 Å². The molecule has 0 saturated carbocycles. The molecule has 0 radical (unpaired) electrons. The van der Waals surface area contributed by atoms with E-state index >= 15 is 0 Å². The van der Waals surface area contributed by atoms with Gasteiger partial charge < -0.3 is 0 Å². The van der Waals surface area contributed by atoms with Crippen LogP contribution in [0.25, 0.3) is 0 Å². The third kappa shape index (κ3) is 5.37. The molecule has 6 nitrogen and oxygen atoms in total. The number of hydrazone groups is 1. The minimum Gasteiger partial charge on any atom is -0.271 e. The molecule has 1 amide bonds. The number of rotatable bonds is 6. The van der Waals surface area contributed by atoms with Gasteiger partial charge >= 0.3 is 0 Å². The lowest BCUT2D eigenvalue weighted by Crippen LogP contribution is -2.39. The van der Waals surface area contributed by atoms with Crippen molar-refractivity contribution in [2.24, 2.45) is 5.10 Å². The van der Waals surface area contributed by atoms with Gasteiger partial charge in [0.05, 0.1) is 17.7 Å². The molecule has 0 aliphatic rings. The number of anilines is 1. The smallest absolute Gasteiger partial charge is 0.260 e. The molecule has 0 spiro atoms. The second-order valence-corrected chi connectivity index (χ2v) is 8.13. The van der Waals surface area contributed by atoms with Gasteiger partial charge in [0.2, 0.25) is 10.0 Å². The first-order valence-corrected chi connectivity index (χ1v) is 10.1. The van der Waals surface area contributed by atoms with Crippen LogP contribution in [0.5, 0.6) is 0 Å². The molecule has 0 fully saturated rings. The molecule has 2 aromatic carbocycles. The lowest BCUT2D eigenvalue weighted by atomic mass is 10.1. The number of carbonyl (C=O) groups is 1. The highest BCUT2D eigenvalue weighted by atomic mass is 32.2. The summed E-state index contributed by atoms with van der Waals surface area (Å²) in [5.74, 6) is -0.948. The van der Waals surface area contributed by atoms with E-state index in [0.29, 0.717) is 17.0 Å². The van der Waals surface area contributed by atoms with Crippen LogP contribution in [0.1, 0.15) is 23.6 Å². The van der Waals surface area contributed by atoms with Gasteiger partial charge in [-0.2, -0.15) is 5.10 Å². The number of hydrogen-bond donors (Lipinski definition) is 1. The molecule has 0 saturated heterocycles. The molecule has 27 heavy (non-hydrogen) atoms. The molecule has 2 aromatic rings. The van der Waals surface area contributed by atoms with Crippen molar-refractivity contribution < 1.29 is 17.6 Å². The third-order valence-electron chi connectivity index (χ3n) is 4.14. The maximum Gasteiger partial charge on any atom is 0.260 e. The largest absolute Gasteiger partial charge is 0.271 e. The van der Waals surface area contributed by atoms with E-state index in [4.69, 9.17) is 0 Å². The van der Waals surface area contributed by atoms with Crippen molar-refractivity contribution in [3.63, 3.8) is 0 Å². The van der Waals surface area contributed by atoms with E-state index in [-0.39, 0.29) is 5.82 Å². The Morgan fingerprint density at radius 2 is 1.78 bits per heavy atom. The zero-order chi connectivity index (χ0) is 20.2. The zero-order valence-electron chi connectivity index (χ0n) is 15.7. The number of hydrogen-bond acceptors (Lipinski definition) is 4. The summed E-state index contributed by atoms with van der Waals surface area (Å²) < 4.78 is 38.4. The van der Waals surface area contributed by atoms with Crippen LogP contribution in [0.4, 0.5) is 10.1 Å². The first-order chi connectivity index (χ1) is 12.6. The van der Waals surface area contributed by atoms with E-state index in [1.807, 2.05) is 13.0 Å². The minimum absolute atomic E-state index is 0.368. The maximum atomic E-state index is 13.0. The number of nitrogens with zero attached hydrogens (tertiary/aromatic N) is 2. The summed E-state index contributed by atoms with van der Waals surface area (Å²) in [5.41, 5.74) is 5.62. The maximum absolute atomic E-state index is 13.0. The molecule has 0 unspecified atom stereocenters. The molecule has 0 atom stereocenters. The molecule has 0 aromatic heterocycles. The van der Waals surface area contributed by atoms with Crippen LogP contribution in [0.2, 0.25) is 0 Å². The predicted octanol–water partition coefficient (Wildman–Crippen LogP) is 2.75. The van der Waals surface area contributed by atoms with Gasteiger partial charge in [0.15, 0.2) is 0 Å². The Bertz CT molecular complexity index is 970. The van der Waals surface area contributed by atoms with Gasteiger partial charge in [-0.25, -0.2) is 18.2 Å². The summed E-state index contributed by atoms with van der Waals surface area (Å²) in [4.78, 5) is 12.3. The molecule has 1 N–H and O–H groups in total. The Labute approximate surface area is 158 Å². The van der Waals surface area contributed by atoms with E-state index < -0.39 is 22.5 Å². The Morgan fingerprint density at radius 3 is 2.37 bits per heavy atom. The Hall–Kier alpha value is -2.74. The predicted molar refractivity (Wildman–Crippen MR) is 105 cm³/mol. The minimum atomic E-state index is -3.67. The molecule has 0 bridgehead atoms. The quantitative estimate of drug-likeness (QED) is 0.607. The van der Waals surface area contributed by atoms with Gasteiger partial charge in [-0.1, -0.05) is 24.3 Å². The fourth-order valence-electron chi connectivity index (χ4n) is 2.45. The number of benzene rings is 2. The van der Waals surface area contributed by atoms with E-state index in [1.165, 1.54) is 12.1 Å². The van der Waals surface area contributed by atoms with Crippen molar-refractivity contribution in [3.8, 4) is 0 Å². The monoisotopic (exact) mass is 391 g/mol. The van der Waals surface area contributed by atoms with Crippen LogP contribution >= 0.6 is 0 Å². The summed E-state index contributed by atoms with van der Waals surface area (Å²) in [6.07, 6.45) is 1.05. The molecule has 144 valence electrons. The van der Waals surface area contributed by atoms with Gasteiger partial charge in [-0.05, 0) is 55.7 Å². The Balaban J connectivity index is 2.18. The molecule has 8 heteroatoms. The van der Waals surface area contributed by atoms with E-state index in [2.05, 4.69) is 10.5 Å². The average Bonchev–Trinajstić information content (AvgIpc) is 2.60. The van der Waals surface area contributed by atoms with Gasteiger partial charge in [0.1, 0.15) is 12.4 Å². The highest BCUT2D eigenvalue weighted by molar-refractivity contribution is 7.92. The van der Waals surface area contributed by atoms with Crippen LogP contribution in [-0.2, 0) is 14.8 Å². The number of nitrogens with one attached hydrogen (secondary N) is 1. The molecule has 0 heterocycles. The van der Waals surface area contributed by atoms with Crippen LogP contribution < -0.4 is 9.73 Å². The average molecular weight is 391 g/mol. The number of carbonyl (C=O) groups excluding carboxylic acids is 1. The van der Waals surface area contributed by atoms with Crippen LogP contribution in [0.3, 0.4) is 0 Å². The molecule has 2 rings (SSSR count). The van der Waals surface area contributed by atoms with Crippen molar-refractivity contribution in [3.05, 3.63) is 65.0 Å². The van der Waals surface area contributed by atoms with E-state index in [9.17, 15) is 17.6 Å². The Kier molecular flexibility index (Phi) is 6.32. The van der Waals surface area contributed by atoms with Gasteiger partial charge in [-0.15, -0.1) is 0 Å². The number of sulfonamides is 1. The topological polar surface area (TPSA) is 78.8 Å². The standard InChI is InChI=1S/C19H22FN3O3S/c1-13-6-5-7-18(14(13)2)23(27(4,25)26)12-19(24)22-21-15(3)16-8-10-17(20)11-9-16/h5-11H,12H2,1-4H3,(H,22,24)/b21-15+. The highest BCUT2D eigenvalue weighted by Gasteiger charge is 2.22. The van der Waals surface area contributed by atoms with E-state index in [0.717, 1.165) is 21.7 Å². The zero-order valence-corrected chi connectivity index (χ0v) is 16.5. The first kappa shape index (κ1) is 20.6. The van der Waals surface area contributed by atoms with Crippen molar-refractivity contribution in [2.45, 2.75) is 20.8 Å². The molecular weight excluding hydrogens is 369 g/mol. The first-order valence-electron chi connectivity index (χ1n) is 8.22.